The molecule has 0 aromatic heterocycles. The first-order valence-electron chi connectivity index (χ1n) is 12.0. The van der Waals surface area contributed by atoms with E-state index in [1.807, 2.05) is 27.7 Å². The van der Waals surface area contributed by atoms with Crippen LogP contribution < -0.4 is 0 Å². The summed E-state index contributed by atoms with van der Waals surface area (Å²) >= 11 is 0. The Hall–Kier alpha value is 0. The average Bonchev–Trinajstić information content (AvgIpc) is 2.21. The molecule has 5 saturated carbocycles. The third-order valence-electron chi connectivity index (χ3n) is 5.00. The quantitative estimate of drug-likeness (QED) is 0.411. The summed E-state index contributed by atoms with van der Waals surface area (Å²) < 4.78 is 0. The topological polar surface area (TPSA) is 0 Å². The van der Waals surface area contributed by atoms with Crippen molar-refractivity contribution >= 4 is 0 Å². The second-order valence-corrected chi connectivity index (χ2v) is 7.07. The maximum absolute atomic E-state index is 2.00. The summed E-state index contributed by atoms with van der Waals surface area (Å²) in [6.07, 6.45) is 30.0. The van der Waals surface area contributed by atoms with E-state index < -0.39 is 0 Å². The van der Waals surface area contributed by atoms with Crippen molar-refractivity contribution in [3.63, 3.8) is 0 Å². The second-order valence-electron chi connectivity index (χ2n) is 7.07. The summed E-state index contributed by atoms with van der Waals surface area (Å²) in [6.45, 7) is 8.00. The molecule has 0 bridgehead atoms. The number of hydrogen-bond donors (Lipinski definition) is 0. The van der Waals surface area contributed by atoms with E-state index in [0.29, 0.717) is 0 Å². The zero-order valence-corrected chi connectivity index (χ0v) is 18.1. The number of hydrogen-bond acceptors (Lipinski definition) is 0. The zero-order chi connectivity index (χ0) is 18.1. The molecule has 24 heavy (non-hydrogen) atoms. The molecule has 0 amide bonds. The molecule has 0 atom stereocenters. The second kappa shape index (κ2) is 27.8. The highest BCUT2D eigenvalue weighted by Crippen LogP contribution is 2.16. The van der Waals surface area contributed by atoms with Crippen LogP contribution in [0.15, 0.2) is 0 Å². The molecule has 0 aromatic carbocycles. The molecule has 0 aliphatic heterocycles. The Balaban J connectivity index is 0. The Morgan fingerprint density at radius 3 is 0.208 bits per heavy atom. The molecular weight excluding hydrogens is 288 g/mol. The van der Waals surface area contributed by atoms with Crippen molar-refractivity contribution in [3.05, 3.63) is 0 Å². The lowest BCUT2D eigenvalue weighted by atomic mass is 10.0. The van der Waals surface area contributed by atoms with Crippen molar-refractivity contribution in [2.75, 3.05) is 0 Å². The van der Waals surface area contributed by atoms with E-state index in [-0.39, 0.29) is 0 Å². The molecule has 0 radical (unpaired) electrons. The van der Waals surface area contributed by atoms with Crippen LogP contribution in [0, 0.1) is 0 Å². The van der Waals surface area contributed by atoms with Gasteiger partial charge in [0.2, 0.25) is 0 Å². The van der Waals surface area contributed by atoms with Crippen molar-refractivity contribution in [2.24, 2.45) is 0 Å². The maximum atomic E-state index is 2.00. The van der Waals surface area contributed by atoms with E-state index in [1.54, 1.807) is 0 Å². The minimum atomic E-state index is 1.50. The Kier molecular flexibility index (Phi) is 30.4. The van der Waals surface area contributed by atoms with Gasteiger partial charge in [-0.3, -0.25) is 0 Å². The van der Waals surface area contributed by atoms with Gasteiger partial charge in [0, 0.05) is 0 Å². The van der Waals surface area contributed by atoms with Gasteiger partial charge in [-0.2, -0.15) is 0 Å². The van der Waals surface area contributed by atoms with Crippen molar-refractivity contribution in [3.8, 4) is 0 Å². The van der Waals surface area contributed by atoms with E-state index in [4.69, 9.17) is 0 Å². The van der Waals surface area contributed by atoms with Gasteiger partial charge in [-0.1, -0.05) is 156 Å². The molecule has 0 unspecified atom stereocenters. The van der Waals surface area contributed by atoms with E-state index in [0.717, 1.165) is 0 Å². The predicted octanol–water partition coefficient (Wildman–Crippen LogP) is 9.85. The van der Waals surface area contributed by atoms with Crippen LogP contribution in [0.1, 0.15) is 156 Å². The smallest absolute Gasteiger partial charge is 0.0533 e. The van der Waals surface area contributed by atoms with E-state index in [9.17, 15) is 0 Å². The Morgan fingerprint density at radius 2 is 0.208 bits per heavy atom. The first kappa shape index (κ1) is 26.2. The summed E-state index contributed by atoms with van der Waals surface area (Å²) in [6, 6.07) is 0. The van der Waals surface area contributed by atoms with Gasteiger partial charge < -0.3 is 0 Å². The molecule has 5 fully saturated rings. The van der Waals surface area contributed by atoms with Crippen molar-refractivity contribution < 1.29 is 0 Å². The first-order chi connectivity index (χ1) is 12.0. The van der Waals surface area contributed by atoms with Crippen molar-refractivity contribution in [2.45, 2.75) is 156 Å². The standard InChI is InChI=1S/5C4H8.2C2H6/c5*1-2-4-3-1;2*1-2/h5*1-4H2;2*1-2H3. The molecule has 0 aromatic rings. The van der Waals surface area contributed by atoms with Gasteiger partial charge in [0.15, 0.2) is 0 Å². The largest absolute Gasteiger partial charge is 0.0683 e. The minimum Gasteiger partial charge on any atom is -0.0683 e. The van der Waals surface area contributed by atoms with Crippen LogP contribution in [0.25, 0.3) is 0 Å². The van der Waals surface area contributed by atoms with Crippen LogP contribution in [0.3, 0.4) is 0 Å². The summed E-state index contributed by atoms with van der Waals surface area (Å²) in [5, 5.41) is 0. The van der Waals surface area contributed by atoms with E-state index in [2.05, 4.69) is 0 Å². The lowest BCUT2D eigenvalue weighted by Crippen LogP contribution is -1.85. The van der Waals surface area contributed by atoms with Gasteiger partial charge in [0.1, 0.15) is 0 Å². The maximum Gasteiger partial charge on any atom is -0.0533 e. The Morgan fingerprint density at radius 1 is 0.167 bits per heavy atom. The van der Waals surface area contributed by atoms with E-state index >= 15 is 0 Å². The van der Waals surface area contributed by atoms with Crippen LogP contribution in [0.4, 0.5) is 0 Å². The molecule has 0 nitrogen and oxygen atoms in total. The highest BCUT2D eigenvalue weighted by Gasteiger charge is 1.96. The molecule has 148 valence electrons. The highest BCUT2D eigenvalue weighted by atomic mass is 14.0. The summed E-state index contributed by atoms with van der Waals surface area (Å²) in [5.74, 6) is 0. The average molecular weight is 341 g/mol. The molecule has 0 saturated heterocycles. The summed E-state index contributed by atoms with van der Waals surface area (Å²) in [7, 11) is 0. The molecular formula is C24H52. The number of rotatable bonds is 0. The predicted molar refractivity (Wildman–Crippen MR) is 115 cm³/mol. The van der Waals surface area contributed by atoms with Crippen LogP contribution in [-0.2, 0) is 0 Å². The van der Waals surface area contributed by atoms with Crippen LogP contribution in [0.5, 0.6) is 0 Å². The molecule has 5 rings (SSSR count). The molecule has 0 heterocycles. The van der Waals surface area contributed by atoms with Gasteiger partial charge in [0.05, 0.1) is 0 Å². The minimum absolute atomic E-state index is 1.50. The van der Waals surface area contributed by atoms with Crippen LogP contribution in [-0.4, -0.2) is 0 Å². The lowest BCUT2D eigenvalue weighted by Gasteiger charge is -2.05. The summed E-state index contributed by atoms with van der Waals surface area (Å²) in [4.78, 5) is 0. The fourth-order valence-electron chi connectivity index (χ4n) is 1.25. The molecule has 0 heteroatoms. The van der Waals surface area contributed by atoms with Crippen molar-refractivity contribution in [1.29, 1.82) is 0 Å². The van der Waals surface area contributed by atoms with Crippen LogP contribution in [0.2, 0.25) is 0 Å². The Labute approximate surface area is 156 Å². The fourth-order valence-corrected chi connectivity index (χ4v) is 1.25. The van der Waals surface area contributed by atoms with Gasteiger partial charge in [0.25, 0.3) is 0 Å². The highest BCUT2D eigenvalue weighted by molar-refractivity contribution is 4.52. The molecule has 0 spiro atoms. The third kappa shape index (κ3) is 24.3. The third-order valence-corrected chi connectivity index (χ3v) is 5.00. The van der Waals surface area contributed by atoms with Gasteiger partial charge in [-0.05, 0) is 0 Å². The van der Waals surface area contributed by atoms with Gasteiger partial charge >= 0.3 is 0 Å². The first-order valence-corrected chi connectivity index (χ1v) is 12.0. The lowest BCUT2D eigenvalue weighted by molar-refractivity contribution is 0.504. The normalized spacial score (nSPS) is 20.5. The van der Waals surface area contributed by atoms with Gasteiger partial charge in [-0.15, -0.1) is 0 Å². The van der Waals surface area contributed by atoms with Crippen molar-refractivity contribution in [1.82, 2.24) is 0 Å². The molecule has 5 aliphatic rings. The van der Waals surface area contributed by atoms with E-state index in [1.165, 1.54) is 128 Å². The van der Waals surface area contributed by atoms with Crippen LogP contribution >= 0.6 is 0 Å². The fraction of sp³-hybridized carbons (Fsp3) is 1.00. The molecule has 5 aliphatic carbocycles. The monoisotopic (exact) mass is 340 g/mol. The van der Waals surface area contributed by atoms with Gasteiger partial charge in [-0.25, -0.2) is 0 Å². The summed E-state index contributed by atoms with van der Waals surface area (Å²) in [5.41, 5.74) is 0. The SMILES string of the molecule is C1CCC1.C1CCC1.C1CCC1.C1CCC1.C1CCC1.CC.CC. The Bertz CT molecular complexity index is 86.4. The molecule has 0 N–H and O–H groups in total. The zero-order valence-electron chi connectivity index (χ0n) is 18.1.